The number of hydrogen-bond donors (Lipinski definition) is 2. The molecule has 0 aliphatic carbocycles. The van der Waals surface area contributed by atoms with E-state index in [0.29, 0.717) is 18.1 Å². The first-order chi connectivity index (χ1) is 15.0. The number of hydrogen-bond acceptors (Lipinski definition) is 6. The molecular weight excluding hydrogens is 390 g/mol. The highest BCUT2D eigenvalue weighted by molar-refractivity contribution is 6.05. The van der Waals surface area contributed by atoms with E-state index in [0.717, 1.165) is 17.5 Å². The molecule has 0 bridgehead atoms. The lowest BCUT2D eigenvalue weighted by Crippen LogP contribution is -2.29. The number of pyridine rings is 1. The van der Waals surface area contributed by atoms with Gasteiger partial charge in [-0.05, 0) is 29.7 Å². The van der Waals surface area contributed by atoms with Gasteiger partial charge in [0, 0.05) is 30.1 Å². The van der Waals surface area contributed by atoms with Crippen LogP contribution in [-0.4, -0.2) is 33.2 Å². The summed E-state index contributed by atoms with van der Waals surface area (Å²) in [5.41, 5.74) is 3.73. The van der Waals surface area contributed by atoms with Crippen LogP contribution >= 0.6 is 0 Å². The lowest BCUT2D eigenvalue weighted by molar-refractivity contribution is -0.115. The summed E-state index contributed by atoms with van der Waals surface area (Å²) in [7, 11) is 0. The van der Waals surface area contributed by atoms with Gasteiger partial charge in [0.1, 0.15) is 11.5 Å². The lowest BCUT2D eigenvalue weighted by Gasteiger charge is -2.14. The first kappa shape index (κ1) is 22.2. The molecule has 1 amide bonds. The Bertz CT molecular complexity index is 1050. The Kier molecular flexibility index (Phi) is 7.56. The minimum Gasteiger partial charge on any atom is -0.323 e. The monoisotopic (exact) mass is 417 g/mol. The molecule has 3 rings (SSSR count). The second-order valence-corrected chi connectivity index (χ2v) is 7.51. The van der Waals surface area contributed by atoms with Crippen molar-refractivity contribution in [3.63, 3.8) is 0 Å². The molecule has 0 radical (unpaired) electrons. The summed E-state index contributed by atoms with van der Waals surface area (Å²) in [6.45, 7) is 6.16. The number of ketones is 1. The van der Waals surface area contributed by atoms with Gasteiger partial charge in [-0.15, -0.1) is 0 Å². The summed E-state index contributed by atoms with van der Waals surface area (Å²) in [5.74, 6) is -0.0129. The number of aromatic nitrogens is 3. The molecule has 1 aromatic carbocycles. The fraction of sp³-hybridized carbons (Fsp3) is 0.292. The molecular formula is C24H27N5O2. The third kappa shape index (κ3) is 6.02. The van der Waals surface area contributed by atoms with E-state index in [2.05, 4.69) is 44.6 Å². The van der Waals surface area contributed by atoms with Crippen LogP contribution in [0, 0.1) is 5.92 Å². The van der Waals surface area contributed by atoms with E-state index < -0.39 is 0 Å². The zero-order chi connectivity index (χ0) is 22.2. The van der Waals surface area contributed by atoms with Crippen molar-refractivity contribution in [2.24, 2.45) is 5.92 Å². The van der Waals surface area contributed by atoms with Crippen LogP contribution in [0.3, 0.4) is 0 Å². The van der Waals surface area contributed by atoms with E-state index in [1.807, 2.05) is 32.0 Å². The SMILES string of the molecule is CCc1cccc(-c2cnc(C(=O)C(C)C)c(NC(=O)CNCc3ncccn3)c2)c1. The molecule has 0 atom stereocenters. The zero-order valence-electron chi connectivity index (χ0n) is 18.1. The molecule has 0 aliphatic rings. The number of anilines is 1. The summed E-state index contributed by atoms with van der Waals surface area (Å²) >= 11 is 0. The highest BCUT2D eigenvalue weighted by Crippen LogP contribution is 2.26. The molecule has 31 heavy (non-hydrogen) atoms. The van der Waals surface area contributed by atoms with Crippen molar-refractivity contribution >= 4 is 17.4 Å². The third-order valence-corrected chi connectivity index (χ3v) is 4.78. The molecule has 3 aromatic rings. The van der Waals surface area contributed by atoms with Crippen LogP contribution in [0.25, 0.3) is 11.1 Å². The number of amides is 1. The molecule has 2 aromatic heterocycles. The predicted molar refractivity (Wildman–Crippen MR) is 121 cm³/mol. The van der Waals surface area contributed by atoms with Gasteiger partial charge < -0.3 is 10.6 Å². The summed E-state index contributed by atoms with van der Waals surface area (Å²) in [6, 6.07) is 11.7. The highest BCUT2D eigenvalue weighted by atomic mass is 16.2. The van der Waals surface area contributed by atoms with Gasteiger partial charge in [0.15, 0.2) is 5.78 Å². The summed E-state index contributed by atoms with van der Waals surface area (Å²) in [5, 5.41) is 5.86. The van der Waals surface area contributed by atoms with E-state index in [9.17, 15) is 9.59 Å². The Labute approximate surface area is 182 Å². The molecule has 0 saturated heterocycles. The van der Waals surface area contributed by atoms with Gasteiger partial charge in [-0.2, -0.15) is 0 Å². The maximum Gasteiger partial charge on any atom is 0.238 e. The van der Waals surface area contributed by atoms with Crippen LogP contribution in [0.5, 0.6) is 0 Å². The second kappa shape index (κ2) is 10.5. The van der Waals surface area contributed by atoms with Crippen LogP contribution in [0.15, 0.2) is 55.0 Å². The van der Waals surface area contributed by atoms with E-state index in [1.54, 1.807) is 24.7 Å². The first-order valence-corrected chi connectivity index (χ1v) is 10.4. The first-order valence-electron chi connectivity index (χ1n) is 10.4. The Morgan fingerprint density at radius 3 is 2.48 bits per heavy atom. The molecule has 7 nitrogen and oxygen atoms in total. The molecule has 2 heterocycles. The highest BCUT2D eigenvalue weighted by Gasteiger charge is 2.19. The zero-order valence-corrected chi connectivity index (χ0v) is 18.1. The summed E-state index contributed by atoms with van der Waals surface area (Å²) in [6.07, 6.45) is 5.91. The number of nitrogens with zero attached hydrogens (tertiary/aromatic N) is 3. The van der Waals surface area contributed by atoms with E-state index in [1.165, 1.54) is 5.56 Å². The van der Waals surface area contributed by atoms with Crippen molar-refractivity contribution in [1.82, 2.24) is 20.3 Å². The number of aryl methyl sites for hydroxylation is 1. The maximum absolute atomic E-state index is 12.6. The van der Waals surface area contributed by atoms with Gasteiger partial charge >= 0.3 is 0 Å². The smallest absolute Gasteiger partial charge is 0.238 e. The summed E-state index contributed by atoms with van der Waals surface area (Å²) in [4.78, 5) is 37.8. The Balaban J connectivity index is 1.79. The minimum absolute atomic E-state index is 0.0586. The number of nitrogens with one attached hydrogen (secondary N) is 2. The van der Waals surface area contributed by atoms with Gasteiger partial charge in [0.05, 0.1) is 18.8 Å². The standard InChI is InChI=1S/C24H27N5O2/c1-4-17-7-5-8-18(11-17)19-12-20(23(28-13-19)24(31)16(2)3)29-22(30)15-25-14-21-26-9-6-10-27-21/h5-13,16,25H,4,14-15H2,1-3H3,(H,29,30). The molecule has 2 N–H and O–H groups in total. The average Bonchev–Trinajstić information content (AvgIpc) is 2.79. The van der Waals surface area contributed by atoms with Crippen molar-refractivity contribution in [3.8, 4) is 11.1 Å². The van der Waals surface area contributed by atoms with Crippen molar-refractivity contribution in [3.05, 3.63) is 72.1 Å². The van der Waals surface area contributed by atoms with Crippen LogP contribution < -0.4 is 10.6 Å². The number of benzene rings is 1. The molecule has 0 saturated carbocycles. The van der Waals surface area contributed by atoms with Gasteiger partial charge in [0.25, 0.3) is 0 Å². The third-order valence-electron chi connectivity index (χ3n) is 4.78. The van der Waals surface area contributed by atoms with Gasteiger partial charge in [-0.3, -0.25) is 14.6 Å². The van der Waals surface area contributed by atoms with Crippen LogP contribution in [0.1, 0.15) is 42.6 Å². The van der Waals surface area contributed by atoms with Crippen molar-refractivity contribution < 1.29 is 9.59 Å². The Morgan fingerprint density at radius 1 is 1.00 bits per heavy atom. The Morgan fingerprint density at radius 2 is 1.77 bits per heavy atom. The fourth-order valence-corrected chi connectivity index (χ4v) is 3.06. The molecule has 0 spiro atoms. The lowest BCUT2D eigenvalue weighted by atomic mass is 10.00. The minimum atomic E-state index is -0.269. The molecule has 7 heteroatoms. The predicted octanol–water partition coefficient (Wildman–Crippen LogP) is 3.67. The second-order valence-electron chi connectivity index (χ2n) is 7.51. The average molecular weight is 418 g/mol. The number of rotatable bonds is 9. The van der Waals surface area contributed by atoms with E-state index in [-0.39, 0.29) is 29.8 Å². The summed E-state index contributed by atoms with van der Waals surface area (Å²) < 4.78 is 0. The number of carbonyl (C=O) groups excluding carboxylic acids is 2. The quantitative estimate of drug-likeness (QED) is 0.516. The maximum atomic E-state index is 12.6. The molecule has 0 fully saturated rings. The fourth-order valence-electron chi connectivity index (χ4n) is 3.06. The van der Waals surface area contributed by atoms with Crippen molar-refractivity contribution in [2.75, 3.05) is 11.9 Å². The molecule has 160 valence electrons. The number of Topliss-reactive ketones (excluding diaryl/α,β-unsaturated/α-hetero) is 1. The van der Waals surface area contributed by atoms with E-state index in [4.69, 9.17) is 0 Å². The normalized spacial score (nSPS) is 10.8. The Hall–Kier alpha value is -3.45. The van der Waals surface area contributed by atoms with Crippen LogP contribution in [0.4, 0.5) is 5.69 Å². The van der Waals surface area contributed by atoms with Crippen molar-refractivity contribution in [1.29, 1.82) is 0 Å². The number of carbonyl (C=O) groups is 2. The molecule has 0 unspecified atom stereocenters. The largest absolute Gasteiger partial charge is 0.323 e. The van der Waals surface area contributed by atoms with Crippen LogP contribution in [-0.2, 0) is 17.8 Å². The van der Waals surface area contributed by atoms with Crippen LogP contribution in [0.2, 0.25) is 0 Å². The van der Waals surface area contributed by atoms with Crippen molar-refractivity contribution in [2.45, 2.75) is 33.7 Å². The van der Waals surface area contributed by atoms with Gasteiger partial charge in [-0.25, -0.2) is 9.97 Å². The van der Waals surface area contributed by atoms with E-state index >= 15 is 0 Å². The van der Waals surface area contributed by atoms with Gasteiger partial charge in [0.2, 0.25) is 5.91 Å². The van der Waals surface area contributed by atoms with Gasteiger partial charge in [-0.1, -0.05) is 45.0 Å². The molecule has 0 aliphatic heterocycles. The topological polar surface area (TPSA) is 96.9 Å².